The van der Waals surface area contributed by atoms with E-state index in [2.05, 4.69) is 0 Å². The molecule has 4 aromatic carbocycles. The maximum absolute atomic E-state index is 14.9. The Kier molecular flexibility index (Phi) is 7.28. The zero-order chi connectivity index (χ0) is 27.2. The van der Waals surface area contributed by atoms with Crippen molar-refractivity contribution in [2.75, 3.05) is 14.2 Å². The highest BCUT2D eigenvalue weighted by atomic mass is 19.2. The average Bonchev–Trinajstić information content (AvgIpc) is 2.87. The van der Waals surface area contributed by atoms with E-state index in [4.69, 9.17) is 9.47 Å². The number of ether oxygens (including phenoxy) is 2. The number of rotatable bonds is 3. The summed E-state index contributed by atoms with van der Waals surface area (Å²) in [6.07, 6.45) is 0. The molecule has 0 N–H and O–H groups in total. The van der Waals surface area contributed by atoms with E-state index in [1.807, 2.05) is 13.8 Å². The van der Waals surface area contributed by atoms with E-state index in [-0.39, 0.29) is 12.1 Å². The zero-order valence-electron chi connectivity index (χ0n) is 18.8. The number of fused-ring (bicyclic) bond motifs is 2. The molecule has 0 radical (unpaired) electrons. The number of benzene rings is 4. The quantitative estimate of drug-likeness (QED) is 0.153. The largest absolute Gasteiger partial charge is 0.493 e. The summed E-state index contributed by atoms with van der Waals surface area (Å²) in [5.41, 5.74) is -2.36. The Balaban J connectivity index is 0.00000176. The first kappa shape index (κ1) is 26.9. The monoisotopic (exact) mass is 524 g/mol. The number of methoxy groups -OCH3 is 2. The van der Waals surface area contributed by atoms with Gasteiger partial charge >= 0.3 is 0 Å². The third-order valence-electron chi connectivity index (χ3n) is 5.20. The van der Waals surface area contributed by atoms with Crippen LogP contribution in [0.25, 0.3) is 32.7 Å². The van der Waals surface area contributed by atoms with Crippen LogP contribution >= 0.6 is 0 Å². The third-order valence-corrected chi connectivity index (χ3v) is 5.20. The van der Waals surface area contributed by atoms with E-state index in [1.165, 1.54) is 0 Å². The molecule has 0 heterocycles. The summed E-state index contributed by atoms with van der Waals surface area (Å²) in [5, 5.41) is -5.09. The fourth-order valence-corrected chi connectivity index (χ4v) is 3.78. The van der Waals surface area contributed by atoms with Crippen molar-refractivity contribution in [1.29, 1.82) is 0 Å². The zero-order valence-corrected chi connectivity index (χ0v) is 18.8. The predicted molar refractivity (Wildman–Crippen MR) is 111 cm³/mol. The summed E-state index contributed by atoms with van der Waals surface area (Å²) < 4.78 is 154. The van der Waals surface area contributed by atoms with E-state index < -0.39 is 102 Å². The molecule has 0 saturated heterocycles. The molecule has 4 aromatic rings. The molecule has 0 fully saturated rings. The fourth-order valence-electron chi connectivity index (χ4n) is 3.78. The van der Waals surface area contributed by atoms with Gasteiger partial charge in [0.15, 0.2) is 69.7 Å². The lowest BCUT2D eigenvalue weighted by Crippen LogP contribution is -2.06. The van der Waals surface area contributed by atoms with Crippen LogP contribution in [0.15, 0.2) is 12.1 Å². The Morgan fingerprint density at radius 2 is 0.722 bits per heavy atom. The van der Waals surface area contributed by atoms with Gasteiger partial charge in [-0.15, -0.1) is 0 Å². The van der Waals surface area contributed by atoms with Crippen LogP contribution in [0.3, 0.4) is 0 Å². The summed E-state index contributed by atoms with van der Waals surface area (Å²) >= 11 is 0. The molecule has 0 spiro atoms. The Morgan fingerprint density at radius 1 is 0.444 bits per heavy atom. The highest BCUT2D eigenvalue weighted by molar-refractivity contribution is 6.10. The topological polar surface area (TPSA) is 18.5 Å². The minimum atomic E-state index is -2.39. The molecular formula is C24H14F10O2. The molecule has 0 aliphatic carbocycles. The summed E-state index contributed by atoms with van der Waals surface area (Å²) in [5.74, 6) is -23.2. The van der Waals surface area contributed by atoms with Crippen LogP contribution < -0.4 is 9.47 Å². The standard InChI is InChI=1S/C22H8F10O2.C2H6/c1-33-21-7(23)3-5-9(15(27)19(31)17(29)13(5)25)11(21)12-10-6(4-8(24)22(12)34-2)14(26)18(30)20(32)16(10)28;1-2/h3-4H,1-2H3;1-2H3. The Bertz CT molecular complexity index is 1420. The summed E-state index contributed by atoms with van der Waals surface area (Å²) in [6, 6.07) is 0.424. The molecular weight excluding hydrogens is 510 g/mol. The summed E-state index contributed by atoms with van der Waals surface area (Å²) in [7, 11) is 1.54. The van der Waals surface area contributed by atoms with Gasteiger partial charge in [0.1, 0.15) is 0 Å². The maximum atomic E-state index is 14.9. The number of hydrogen-bond acceptors (Lipinski definition) is 2. The van der Waals surface area contributed by atoms with E-state index in [0.29, 0.717) is 0 Å². The van der Waals surface area contributed by atoms with Crippen molar-refractivity contribution in [3.8, 4) is 22.6 Å². The van der Waals surface area contributed by atoms with Crippen molar-refractivity contribution >= 4 is 21.5 Å². The van der Waals surface area contributed by atoms with Crippen molar-refractivity contribution in [2.24, 2.45) is 0 Å². The average molecular weight is 524 g/mol. The van der Waals surface area contributed by atoms with Gasteiger partial charge in [-0.2, -0.15) is 0 Å². The van der Waals surface area contributed by atoms with E-state index >= 15 is 0 Å². The Hall–Kier alpha value is -3.70. The maximum Gasteiger partial charge on any atom is 0.198 e. The van der Waals surface area contributed by atoms with Crippen LogP contribution in [0.4, 0.5) is 43.9 Å². The molecule has 0 aromatic heterocycles. The van der Waals surface area contributed by atoms with Crippen LogP contribution in [0, 0.1) is 58.2 Å². The van der Waals surface area contributed by atoms with Gasteiger partial charge < -0.3 is 9.47 Å². The minimum Gasteiger partial charge on any atom is -0.493 e. The SMILES string of the molecule is CC.COc1c(F)cc2c(F)c(F)c(F)c(F)c2c1-c1c(OC)c(F)cc2c(F)c(F)c(F)c(F)c12. The van der Waals surface area contributed by atoms with Gasteiger partial charge in [-0.3, -0.25) is 0 Å². The predicted octanol–water partition coefficient (Wildman–Crippen LogP) is 8.09. The smallest absolute Gasteiger partial charge is 0.198 e. The second kappa shape index (κ2) is 9.75. The molecule has 2 nitrogen and oxygen atoms in total. The molecule has 12 heteroatoms. The van der Waals surface area contributed by atoms with Crippen molar-refractivity contribution in [1.82, 2.24) is 0 Å². The summed E-state index contributed by atoms with van der Waals surface area (Å²) in [6.45, 7) is 4.00. The molecule has 36 heavy (non-hydrogen) atoms. The van der Waals surface area contributed by atoms with Gasteiger partial charge in [-0.1, -0.05) is 13.8 Å². The highest BCUT2D eigenvalue weighted by Crippen LogP contribution is 2.50. The van der Waals surface area contributed by atoms with Gasteiger partial charge in [0, 0.05) is 32.7 Å². The van der Waals surface area contributed by atoms with Crippen molar-refractivity contribution in [3.63, 3.8) is 0 Å². The van der Waals surface area contributed by atoms with Gasteiger partial charge in [-0.25, -0.2) is 43.9 Å². The fraction of sp³-hybridized carbons (Fsp3) is 0.167. The van der Waals surface area contributed by atoms with E-state index in [1.54, 1.807) is 0 Å². The third kappa shape index (κ3) is 3.66. The lowest BCUT2D eigenvalue weighted by Gasteiger charge is -2.20. The normalized spacial score (nSPS) is 11.1. The van der Waals surface area contributed by atoms with Gasteiger partial charge in [0.2, 0.25) is 0 Å². The first-order valence-electron chi connectivity index (χ1n) is 10.0. The van der Waals surface area contributed by atoms with Crippen molar-refractivity contribution < 1.29 is 53.4 Å². The van der Waals surface area contributed by atoms with Gasteiger partial charge in [0.25, 0.3) is 0 Å². The first-order chi connectivity index (χ1) is 17.0. The lowest BCUT2D eigenvalue weighted by molar-refractivity contribution is 0.381. The van der Waals surface area contributed by atoms with Crippen LogP contribution in [-0.4, -0.2) is 14.2 Å². The van der Waals surface area contributed by atoms with Crippen LogP contribution in [-0.2, 0) is 0 Å². The summed E-state index contributed by atoms with van der Waals surface area (Å²) in [4.78, 5) is 0. The number of hydrogen-bond donors (Lipinski definition) is 0. The second-order valence-corrected chi connectivity index (χ2v) is 6.89. The molecule has 0 unspecified atom stereocenters. The van der Waals surface area contributed by atoms with E-state index in [9.17, 15) is 43.9 Å². The van der Waals surface area contributed by atoms with Crippen LogP contribution in [0.5, 0.6) is 11.5 Å². The van der Waals surface area contributed by atoms with Gasteiger partial charge in [0.05, 0.1) is 14.2 Å². The van der Waals surface area contributed by atoms with Gasteiger partial charge in [-0.05, 0) is 12.1 Å². The molecule has 0 aliphatic rings. The molecule has 192 valence electrons. The molecule has 0 atom stereocenters. The minimum absolute atomic E-state index is 0.212. The first-order valence-corrected chi connectivity index (χ1v) is 10.0. The lowest BCUT2D eigenvalue weighted by atomic mass is 9.90. The Labute approximate surface area is 196 Å². The van der Waals surface area contributed by atoms with Crippen molar-refractivity contribution in [3.05, 3.63) is 70.3 Å². The molecule has 0 saturated carbocycles. The van der Waals surface area contributed by atoms with E-state index in [0.717, 1.165) is 14.2 Å². The second-order valence-electron chi connectivity index (χ2n) is 6.89. The molecule has 4 rings (SSSR count). The molecule has 0 aliphatic heterocycles. The number of halogens is 10. The Morgan fingerprint density at radius 3 is 1.00 bits per heavy atom. The van der Waals surface area contributed by atoms with Crippen LogP contribution in [0.1, 0.15) is 13.8 Å². The molecule has 0 bridgehead atoms. The molecule has 0 amide bonds. The van der Waals surface area contributed by atoms with Crippen LogP contribution in [0.2, 0.25) is 0 Å². The highest BCUT2D eigenvalue weighted by Gasteiger charge is 2.33. The van der Waals surface area contributed by atoms with Crippen molar-refractivity contribution in [2.45, 2.75) is 13.8 Å².